The van der Waals surface area contributed by atoms with Gasteiger partial charge in [0.2, 0.25) is 0 Å². The van der Waals surface area contributed by atoms with Crippen LogP contribution in [0.2, 0.25) is 0 Å². The number of aromatic hydroxyl groups is 1. The zero-order valence-corrected chi connectivity index (χ0v) is 16.9. The molecule has 0 spiro atoms. The maximum atomic E-state index is 10.1. The van der Waals surface area contributed by atoms with Crippen molar-refractivity contribution >= 4 is 16.5 Å². The van der Waals surface area contributed by atoms with Crippen LogP contribution in [0.3, 0.4) is 0 Å². The second-order valence-electron chi connectivity index (χ2n) is 6.85. The maximum Gasteiger partial charge on any atom is 0.180 e. The monoisotopic (exact) mass is 402 g/mol. The number of nitrogen functional groups attached to an aromatic ring is 1. The number of phenolic OH excluding ortho intramolecular Hbond substituents is 1. The number of phenols is 1. The molecule has 1 aromatic heterocycles. The first kappa shape index (κ1) is 19.0. The molecule has 0 aliphatic rings. The van der Waals surface area contributed by atoms with Crippen LogP contribution >= 0.6 is 11.3 Å². The highest BCUT2D eigenvalue weighted by atomic mass is 32.1. The van der Waals surface area contributed by atoms with Crippen LogP contribution in [0.1, 0.15) is 22.7 Å². The van der Waals surface area contributed by atoms with Gasteiger partial charge >= 0.3 is 0 Å². The van der Waals surface area contributed by atoms with Crippen LogP contribution in [0.25, 0.3) is 11.1 Å². The molecule has 0 bridgehead atoms. The van der Waals surface area contributed by atoms with E-state index >= 15 is 0 Å². The third-order valence-corrected chi connectivity index (χ3v) is 5.72. The van der Waals surface area contributed by atoms with Gasteiger partial charge < -0.3 is 15.6 Å². The van der Waals surface area contributed by atoms with Gasteiger partial charge in [0.25, 0.3) is 0 Å². The summed E-state index contributed by atoms with van der Waals surface area (Å²) in [5, 5.41) is 12.7. The molecule has 0 radical (unpaired) electrons. The molecule has 3 N–H and O–H groups in total. The highest BCUT2D eigenvalue weighted by molar-refractivity contribution is 7.13. The Labute approximate surface area is 174 Å². The summed E-state index contributed by atoms with van der Waals surface area (Å²) < 4.78 is 5.29. The lowest BCUT2D eigenvalue weighted by molar-refractivity contribution is 0.414. The number of hydrogen-bond acceptors (Lipinski definition) is 5. The van der Waals surface area contributed by atoms with E-state index in [4.69, 9.17) is 10.5 Å². The molecule has 1 heterocycles. The van der Waals surface area contributed by atoms with Gasteiger partial charge in [-0.25, -0.2) is 4.98 Å². The van der Waals surface area contributed by atoms with Gasteiger partial charge in [-0.2, -0.15) is 0 Å². The Balaban J connectivity index is 1.63. The van der Waals surface area contributed by atoms with Crippen molar-refractivity contribution in [2.45, 2.75) is 12.3 Å². The van der Waals surface area contributed by atoms with Crippen LogP contribution in [0.4, 0.5) is 5.13 Å². The van der Waals surface area contributed by atoms with Gasteiger partial charge in [-0.05, 0) is 41.3 Å². The molecule has 0 aliphatic heterocycles. The largest absolute Gasteiger partial charge is 0.507 e. The lowest BCUT2D eigenvalue weighted by Crippen LogP contribution is -2.06. The first-order chi connectivity index (χ1) is 14.1. The van der Waals surface area contributed by atoms with Crippen LogP contribution in [0, 0.1) is 0 Å². The number of anilines is 1. The summed E-state index contributed by atoms with van der Waals surface area (Å²) in [5.74, 6) is 1.22. The maximum absolute atomic E-state index is 10.1. The first-order valence-electron chi connectivity index (χ1n) is 9.36. The summed E-state index contributed by atoms with van der Waals surface area (Å²) in [6.45, 7) is 0. The molecule has 4 rings (SSSR count). The summed E-state index contributed by atoms with van der Waals surface area (Å²) in [4.78, 5) is 4.53. The first-order valence-corrected chi connectivity index (χ1v) is 10.2. The SMILES string of the molecule is COc1ccc([C@H](Cc2ccc(-c3ccccc3O)cc2)c2csc(N)n2)cc1. The molecule has 0 unspecified atom stereocenters. The molecule has 29 heavy (non-hydrogen) atoms. The summed E-state index contributed by atoms with van der Waals surface area (Å²) in [5.41, 5.74) is 11.1. The fraction of sp³-hybridized carbons (Fsp3) is 0.125. The molecular weight excluding hydrogens is 380 g/mol. The molecule has 0 fully saturated rings. The highest BCUT2D eigenvalue weighted by Crippen LogP contribution is 2.33. The number of rotatable bonds is 6. The van der Waals surface area contributed by atoms with Gasteiger partial charge in [0.1, 0.15) is 11.5 Å². The van der Waals surface area contributed by atoms with E-state index in [0.717, 1.165) is 29.0 Å². The van der Waals surface area contributed by atoms with Crippen LogP contribution < -0.4 is 10.5 Å². The Morgan fingerprint density at radius 1 is 1.00 bits per heavy atom. The van der Waals surface area contributed by atoms with Gasteiger partial charge in [0, 0.05) is 16.9 Å². The number of thiazole rings is 1. The molecule has 4 nitrogen and oxygen atoms in total. The minimum absolute atomic E-state index is 0.102. The molecule has 4 aromatic rings. The van der Waals surface area contributed by atoms with Gasteiger partial charge in [-0.3, -0.25) is 0 Å². The Kier molecular flexibility index (Phi) is 5.49. The predicted octanol–water partition coefficient (Wildman–Crippen LogP) is 5.48. The lowest BCUT2D eigenvalue weighted by Gasteiger charge is -2.16. The number of nitrogens with two attached hydrogens (primary N) is 1. The van der Waals surface area contributed by atoms with E-state index in [1.165, 1.54) is 22.5 Å². The summed E-state index contributed by atoms with van der Waals surface area (Å²) >= 11 is 1.46. The number of aromatic nitrogens is 1. The standard InChI is InChI=1S/C24H22N2O2S/c1-28-19-12-10-18(11-13-19)21(22-15-29-24(25)26-22)14-16-6-8-17(9-7-16)20-4-2-3-5-23(20)27/h2-13,15,21,27H,14H2,1H3,(H2,25,26)/t21-/m0/s1. The zero-order valence-electron chi connectivity index (χ0n) is 16.1. The van der Waals surface area contributed by atoms with Crippen molar-refractivity contribution in [2.24, 2.45) is 0 Å². The minimum Gasteiger partial charge on any atom is -0.507 e. The van der Waals surface area contributed by atoms with Crippen LogP contribution in [0.5, 0.6) is 11.5 Å². The second-order valence-corrected chi connectivity index (χ2v) is 7.74. The minimum atomic E-state index is 0.102. The number of methoxy groups -OCH3 is 1. The predicted molar refractivity (Wildman–Crippen MR) is 119 cm³/mol. The number of hydrogen-bond donors (Lipinski definition) is 2. The molecule has 3 aromatic carbocycles. The molecule has 146 valence electrons. The van der Waals surface area contributed by atoms with E-state index in [0.29, 0.717) is 5.13 Å². The van der Waals surface area contributed by atoms with Crippen molar-refractivity contribution in [3.63, 3.8) is 0 Å². The van der Waals surface area contributed by atoms with Gasteiger partial charge in [-0.1, -0.05) is 54.6 Å². The van der Waals surface area contributed by atoms with Crippen molar-refractivity contribution in [1.29, 1.82) is 0 Å². The Morgan fingerprint density at radius 2 is 1.72 bits per heavy atom. The summed E-state index contributed by atoms with van der Waals surface area (Å²) in [6.07, 6.45) is 0.802. The second kappa shape index (κ2) is 8.37. The van der Waals surface area contributed by atoms with Crippen LogP contribution in [-0.2, 0) is 6.42 Å². The highest BCUT2D eigenvalue weighted by Gasteiger charge is 2.18. The van der Waals surface area contributed by atoms with E-state index in [9.17, 15) is 5.11 Å². The smallest absolute Gasteiger partial charge is 0.180 e. The quantitative estimate of drug-likeness (QED) is 0.448. The Hall–Kier alpha value is -3.31. The van der Waals surface area contributed by atoms with E-state index in [-0.39, 0.29) is 11.7 Å². The van der Waals surface area contributed by atoms with Gasteiger partial charge in [0.05, 0.1) is 12.8 Å². The number of nitrogens with zero attached hydrogens (tertiary/aromatic N) is 1. The van der Waals surface area contributed by atoms with Crippen molar-refractivity contribution in [3.8, 4) is 22.6 Å². The third-order valence-electron chi connectivity index (χ3n) is 5.02. The average molecular weight is 403 g/mol. The van der Waals surface area contributed by atoms with Crippen molar-refractivity contribution < 1.29 is 9.84 Å². The third kappa shape index (κ3) is 4.25. The van der Waals surface area contributed by atoms with E-state index in [2.05, 4.69) is 29.2 Å². The summed E-state index contributed by atoms with van der Waals surface area (Å²) in [7, 11) is 1.67. The van der Waals surface area contributed by atoms with Gasteiger partial charge in [0.15, 0.2) is 5.13 Å². The fourth-order valence-corrected chi connectivity index (χ4v) is 4.08. The van der Waals surface area contributed by atoms with E-state index < -0.39 is 0 Å². The molecule has 0 amide bonds. The average Bonchev–Trinajstić information content (AvgIpc) is 3.19. The summed E-state index contributed by atoms with van der Waals surface area (Å²) in [6, 6.07) is 23.8. The number of ether oxygens (including phenoxy) is 1. The van der Waals surface area contributed by atoms with Crippen molar-refractivity contribution in [2.75, 3.05) is 12.8 Å². The van der Waals surface area contributed by atoms with Crippen LogP contribution in [0.15, 0.2) is 78.2 Å². The van der Waals surface area contributed by atoms with Crippen LogP contribution in [-0.4, -0.2) is 17.2 Å². The Bertz CT molecular complexity index is 1090. The fourth-order valence-electron chi connectivity index (χ4n) is 3.46. The van der Waals surface area contributed by atoms with Gasteiger partial charge in [-0.15, -0.1) is 11.3 Å². The molecule has 0 aliphatic carbocycles. The van der Waals surface area contributed by atoms with Crippen molar-refractivity contribution in [3.05, 3.63) is 95.0 Å². The Morgan fingerprint density at radius 3 is 2.34 bits per heavy atom. The lowest BCUT2D eigenvalue weighted by atomic mass is 9.89. The molecule has 5 heteroatoms. The normalized spacial score (nSPS) is 11.9. The molecular formula is C24H22N2O2S. The van der Waals surface area contributed by atoms with E-state index in [1.54, 1.807) is 13.2 Å². The van der Waals surface area contributed by atoms with Crippen molar-refractivity contribution in [1.82, 2.24) is 4.98 Å². The number of para-hydroxylation sites is 1. The topological polar surface area (TPSA) is 68.4 Å². The molecule has 0 saturated heterocycles. The molecule has 1 atom stereocenters. The zero-order chi connectivity index (χ0) is 20.2. The van der Waals surface area contributed by atoms with E-state index in [1.807, 2.05) is 47.8 Å². The molecule has 0 saturated carbocycles. The number of benzene rings is 3.